The zero-order chi connectivity index (χ0) is 11.7. The second-order valence-corrected chi connectivity index (χ2v) is 4.61. The normalized spacial score (nSPS) is 10.8. The smallest absolute Gasteiger partial charge is 0.140 e. The van der Waals surface area contributed by atoms with Crippen molar-refractivity contribution in [2.75, 3.05) is 0 Å². The Morgan fingerprint density at radius 2 is 1.94 bits per heavy atom. The Morgan fingerprint density at radius 3 is 2.44 bits per heavy atom. The summed E-state index contributed by atoms with van der Waals surface area (Å²) in [5.74, 6) is 0.883. The first-order valence-corrected chi connectivity index (χ1v) is 5.81. The van der Waals surface area contributed by atoms with Crippen molar-refractivity contribution in [1.82, 2.24) is 9.55 Å². The van der Waals surface area contributed by atoms with E-state index in [9.17, 15) is 0 Å². The third-order valence-corrected chi connectivity index (χ3v) is 3.26. The van der Waals surface area contributed by atoms with Crippen LogP contribution < -0.4 is 0 Å². The first-order chi connectivity index (χ1) is 7.63. The summed E-state index contributed by atoms with van der Waals surface area (Å²) in [7, 11) is 1.96. The van der Waals surface area contributed by atoms with Crippen LogP contribution in [-0.2, 0) is 13.7 Å². The second-order valence-electron chi connectivity index (χ2n) is 3.69. The number of aromatic nitrogens is 2. The Hall–Kier alpha value is -1.13. The van der Waals surface area contributed by atoms with Crippen molar-refractivity contribution >= 4 is 15.9 Å². The molecule has 0 spiro atoms. The molecule has 84 valence electrons. The lowest BCUT2D eigenvalue weighted by Crippen LogP contribution is -1.95. The average Bonchev–Trinajstić information content (AvgIpc) is 2.57. The van der Waals surface area contributed by atoms with Crippen LogP contribution in [0.4, 0.5) is 0 Å². The van der Waals surface area contributed by atoms with Crippen LogP contribution in [0.5, 0.6) is 0 Å². The SMILES string of the molecule is Cc1c(CO)nc(-c2ccc(Br)cc2)n1C. The minimum absolute atomic E-state index is 0.0177. The lowest BCUT2D eigenvalue weighted by atomic mass is 10.2. The number of benzene rings is 1. The highest BCUT2D eigenvalue weighted by molar-refractivity contribution is 9.10. The van der Waals surface area contributed by atoms with Crippen LogP contribution in [0.3, 0.4) is 0 Å². The largest absolute Gasteiger partial charge is 0.390 e. The minimum Gasteiger partial charge on any atom is -0.390 e. The zero-order valence-electron chi connectivity index (χ0n) is 9.24. The summed E-state index contributed by atoms with van der Waals surface area (Å²) in [6.07, 6.45) is 0. The Balaban J connectivity index is 2.52. The fourth-order valence-corrected chi connectivity index (χ4v) is 1.91. The molecule has 1 heterocycles. The maximum Gasteiger partial charge on any atom is 0.140 e. The molecule has 16 heavy (non-hydrogen) atoms. The van der Waals surface area contributed by atoms with E-state index in [0.29, 0.717) is 0 Å². The Labute approximate surface area is 103 Å². The lowest BCUT2D eigenvalue weighted by Gasteiger charge is -2.03. The van der Waals surface area contributed by atoms with Crippen molar-refractivity contribution in [2.24, 2.45) is 7.05 Å². The van der Waals surface area contributed by atoms with Gasteiger partial charge in [-0.25, -0.2) is 4.98 Å². The van der Waals surface area contributed by atoms with Gasteiger partial charge in [0.2, 0.25) is 0 Å². The van der Waals surface area contributed by atoms with Crippen LogP contribution in [-0.4, -0.2) is 14.7 Å². The molecule has 0 aliphatic rings. The first kappa shape index (κ1) is 11.4. The molecule has 3 nitrogen and oxygen atoms in total. The molecule has 1 aromatic carbocycles. The number of halogens is 1. The Morgan fingerprint density at radius 1 is 1.31 bits per heavy atom. The predicted molar refractivity (Wildman–Crippen MR) is 67.0 cm³/mol. The number of nitrogens with zero attached hydrogens (tertiary/aromatic N) is 2. The molecule has 1 aromatic heterocycles. The Kier molecular flexibility index (Phi) is 3.12. The Bertz CT molecular complexity index is 502. The van der Waals surface area contributed by atoms with Crippen molar-refractivity contribution in [1.29, 1.82) is 0 Å². The number of hydrogen-bond acceptors (Lipinski definition) is 2. The molecule has 0 amide bonds. The molecule has 0 aliphatic carbocycles. The molecular weight excluding hydrogens is 268 g/mol. The quantitative estimate of drug-likeness (QED) is 0.919. The number of aliphatic hydroxyl groups is 1. The van der Waals surface area contributed by atoms with Crippen LogP contribution in [0.25, 0.3) is 11.4 Å². The van der Waals surface area contributed by atoms with Gasteiger partial charge in [-0.3, -0.25) is 0 Å². The monoisotopic (exact) mass is 280 g/mol. The highest BCUT2D eigenvalue weighted by atomic mass is 79.9. The zero-order valence-corrected chi connectivity index (χ0v) is 10.8. The van der Waals surface area contributed by atoms with E-state index < -0.39 is 0 Å². The van der Waals surface area contributed by atoms with E-state index in [0.717, 1.165) is 27.2 Å². The number of rotatable bonds is 2. The first-order valence-electron chi connectivity index (χ1n) is 5.02. The van der Waals surface area contributed by atoms with Gasteiger partial charge < -0.3 is 9.67 Å². The molecule has 0 radical (unpaired) electrons. The van der Waals surface area contributed by atoms with Gasteiger partial charge in [-0.05, 0) is 19.1 Å². The summed E-state index contributed by atoms with van der Waals surface area (Å²) in [4.78, 5) is 4.43. The van der Waals surface area contributed by atoms with E-state index in [1.165, 1.54) is 0 Å². The van der Waals surface area contributed by atoms with E-state index in [-0.39, 0.29) is 6.61 Å². The van der Waals surface area contributed by atoms with E-state index in [4.69, 9.17) is 5.11 Å². The highest BCUT2D eigenvalue weighted by Crippen LogP contribution is 2.22. The van der Waals surface area contributed by atoms with Crippen LogP contribution in [0.2, 0.25) is 0 Å². The molecule has 0 aliphatic heterocycles. The van der Waals surface area contributed by atoms with Gasteiger partial charge >= 0.3 is 0 Å². The third kappa shape index (κ3) is 1.90. The van der Waals surface area contributed by atoms with E-state index in [1.807, 2.05) is 42.8 Å². The van der Waals surface area contributed by atoms with Gasteiger partial charge in [-0.1, -0.05) is 28.1 Å². The van der Waals surface area contributed by atoms with Crippen molar-refractivity contribution in [3.05, 3.63) is 40.1 Å². The summed E-state index contributed by atoms with van der Waals surface area (Å²) in [5.41, 5.74) is 2.79. The summed E-state index contributed by atoms with van der Waals surface area (Å²) in [5, 5.41) is 9.16. The van der Waals surface area contributed by atoms with Crippen molar-refractivity contribution < 1.29 is 5.11 Å². The maximum absolute atomic E-state index is 9.16. The second kappa shape index (κ2) is 4.39. The van der Waals surface area contributed by atoms with Gasteiger partial charge in [0, 0.05) is 22.8 Å². The molecule has 1 N–H and O–H groups in total. The summed E-state index contributed by atoms with van der Waals surface area (Å²) < 4.78 is 3.04. The van der Waals surface area contributed by atoms with E-state index in [2.05, 4.69) is 20.9 Å². The van der Waals surface area contributed by atoms with Crippen molar-refractivity contribution in [3.63, 3.8) is 0 Å². The number of imidazole rings is 1. The van der Waals surface area contributed by atoms with Crippen LogP contribution in [0, 0.1) is 6.92 Å². The van der Waals surface area contributed by atoms with Gasteiger partial charge in [0.1, 0.15) is 5.82 Å². The van der Waals surface area contributed by atoms with E-state index >= 15 is 0 Å². The van der Waals surface area contributed by atoms with Crippen molar-refractivity contribution in [2.45, 2.75) is 13.5 Å². The molecule has 0 saturated heterocycles. The molecule has 4 heteroatoms. The molecule has 0 bridgehead atoms. The summed E-state index contributed by atoms with van der Waals surface area (Å²) >= 11 is 3.40. The van der Waals surface area contributed by atoms with Gasteiger partial charge in [-0.2, -0.15) is 0 Å². The van der Waals surface area contributed by atoms with E-state index in [1.54, 1.807) is 0 Å². The number of aliphatic hydroxyl groups excluding tert-OH is 1. The van der Waals surface area contributed by atoms with Crippen molar-refractivity contribution in [3.8, 4) is 11.4 Å². The van der Waals surface area contributed by atoms with Gasteiger partial charge in [0.15, 0.2) is 0 Å². The van der Waals surface area contributed by atoms with Gasteiger partial charge in [-0.15, -0.1) is 0 Å². The third-order valence-electron chi connectivity index (χ3n) is 2.73. The fourth-order valence-electron chi connectivity index (χ4n) is 1.64. The standard InChI is InChI=1S/C12H13BrN2O/c1-8-11(7-16)14-12(15(8)2)9-3-5-10(13)6-4-9/h3-6,16H,7H2,1-2H3. The molecule has 2 aromatic rings. The lowest BCUT2D eigenvalue weighted by molar-refractivity contribution is 0.276. The van der Waals surface area contributed by atoms with Crippen LogP contribution in [0.1, 0.15) is 11.4 Å². The minimum atomic E-state index is -0.0177. The van der Waals surface area contributed by atoms with Crippen LogP contribution in [0.15, 0.2) is 28.7 Å². The fraction of sp³-hybridized carbons (Fsp3) is 0.250. The highest BCUT2D eigenvalue weighted by Gasteiger charge is 2.11. The molecular formula is C12H13BrN2O. The molecule has 0 unspecified atom stereocenters. The van der Waals surface area contributed by atoms with Crippen LogP contribution >= 0.6 is 15.9 Å². The number of hydrogen-bond donors (Lipinski definition) is 1. The van der Waals surface area contributed by atoms with Gasteiger partial charge in [0.25, 0.3) is 0 Å². The summed E-state index contributed by atoms with van der Waals surface area (Å²) in [6.45, 7) is 1.94. The topological polar surface area (TPSA) is 38.1 Å². The predicted octanol–water partition coefficient (Wildman–Crippen LogP) is 2.65. The van der Waals surface area contributed by atoms with Gasteiger partial charge in [0.05, 0.1) is 12.3 Å². The molecule has 2 rings (SSSR count). The maximum atomic E-state index is 9.16. The summed E-state index contributed by atoms with van der Waals surface area (Å²) in [6, 6.07) is 7.98. The molecule has 0 fully saturated rings. The average molecular weight is 281 g/mol. The molecule has 0 saturated carbocycles. The molecule has 0 atom stereocenters.